The van der Waals surface area contributed by atoms with E-state index in [2.05, 4.69) is 20.9 Å². The van der Waals surface area contributed by atoms with Crippen LogP contribution < -0.4 is 11.1 Å². The number of benzene rings is 1. The number of hydrogen-bond donors (Lipinski definition) is 2. The standard InChI is InChI=1S/C10H12N4O2/c1-16-9(15)7-14-10(11-12-13-14)8-5-3-2-4-6-8/h2-6,12-13H,7H2,1H3. The predicted octanol–water partition coefficient (Wildman–Crippen LogP) is -0.154. The second kappa shape index (κ2) is 4.63. The van der Waals surface area contributed by atoms with Gasteiger partial charge in [0.2, 0.25) is 0 Å². The van der Waals surface area contributed by atoms with Crippen molar-refractivity contribution in [1.82, 2.24) is 16.1 Å². The Morgan fingerprint density at radius 2 is 2.19 bits per heavy atom. The summed E-state index contributed by atoms with van der Waals surface area (Å²) >= 11 is 0. The van der Waals surface area contributed by atoms with Crippen LogP contribution in [0.4, 0.5) is 0 Å². The summed E-state index contributed by atoms with van der Waals surface area (Å²) in [6.07, 6.45) is 0. The summed E-state index contributed by atoms with van der Waals surface area (Å²) in [6.45, 7) is 0.0945. The number of methoxy groups -OCH3 is 1. The maximum Gasteiger partial charge on any atom is 0.327 e. The summed E-state index contributed by atoms with van der Waals surface area (Å²) in [5.41, 5.74) is 6.28. The van der Waals surface area contributed by atoms with Crippen LogP contribution >= 0.6 is 0 Å². The first kappa shape index (κ1) is 10.4. The lowest BCUT2D eigenvalue weighted by Gasteiger charge is -2.17. The van der Waals surface area contributed by atoms with E-state index in [1.54, 1.807) is 5.01 Å². The summed E-state index contributed by atoms with van der Waals surface area (Å²) < 4.78 is 4.59. The van der Waals surface area contributed by atoms with Crippen LogP contribution in [0.15, 0.2) is 35.4 Å². The van der Waals surface area contributed by atoms with Crippen LogP contribution in [-0.4, -0.2) is 30.5 Å². The number of amidine groups is 1. The minimum absolute atomic E-state index is 0.0945. The summed E-state index contributed by atoms with van der Waals surface area (Å²) in [7, 11) is 1.35. The second-order valence-corrected chi connectivity index (χ2v) is 3.19. The van der Waals surface area contributed by atoms with Crippen LogP contribution in [0.25, 0.3) is 0 Å². The number of hydrogen-bond acceptors (Lipinski definition) is 6. The summed E-state index contributed by atoms with van der Waals surface area (Å²) in [4.78, 5) is 11.2. The van der Waals surface area contributed by atoms with Crippen molar-refractivity contribution in [2.45, 2.75) is 0 Å². The Labute approximate surface area is 92.8 Å². The molecule has 6 nitrogen and oxygen atoms in total. The molecule has 0 saturated heterocycles. The molecule has 1 aromatic carbocycles. The number of hydrazone groups is 1. The van der Waals surface area contributed by atoms with Crippen LogP contribution in [0, 0.1) is 0 Å². The molecule has 2 N–H and O–H groups in total. The minimum atomic E-state index is -0.333. The molecule has 0 atom stereocenters. The number of rotatable bonds is 3. The van der Waals surface area contributed by atoms with Crippen molar-refractivity contribution in [2.75, 3.05) is 13.7 Å². The Morgan fingerprint density at radius 3 is 2.88 bits per heavy atom. The van der Waals surface area contributed by atoms with Gasteiger partial charge in [0.05, 0.1) is 7.11 Å². The predicted molar refractivity (Wildman–Crippen MR) is 58.0 cm³/mol. The molecule has 6 heteroatoms. The van der Waals surface area contributed by atoms with E-state index in [1.807, 2.05) is 30.3 Å². The summed E-state index contributed by atoms with van der Waals surface area (Å²) in [5, 5.41) is 5.63. The van der Waals surface area contributed by atoms with Crippen LogP contribution in [0.3, 0.4) is 0 Å². The van der Waals surface area contributed by atoms with Crippen LogP contribution in [0.2, 0.25) is 0 Å². The van der Waals surface area contributed by atoms with Gasteiger partial charge in [-0.05, 0) is 0 Å². The van der Waals surface area contributed by atoms with Gasteiger partial charge >= 0.3 is 5.97 Å². The molecule has 0 bridgehead atoms. The molecule has 0 spiro atoms. The molecule has 0 radical (unpaired) electrons. The van der Waals surface area contributed by atoms with E-state index in [1.165, 1.54) is 7.11 Å². The Hall–Kier alpha value is -2.08. The molecule has 2 rings (SSSR count). The minimum Gasteiger partial charge on any atom is -0.468 e. The van der Waals surface area contributed by atoms with Gasteiger partial charge in [0.1, 0.15) is 6.54 Å². The zero-order valence-corrected chi connectivity index (χ0v) is 8.80. The Kier molecular flexibility index (Phi) is 3.02. The van der Waals surface area contributed by atoms with Crippen molar-refractivity contribution in [1.29, 1.82) is 0 Å². The number of ether oxygens (including phenoxy) is 1. The molecule has 1 aliphatic heterocycles. The fourth-order valence-corrected chi connectivity index (χ4v) is 1.37. The highest BCUT2D eigenvalue weighted by molar-refractivity contribution is 6.00. The lowest BCUT2D eigenvalue weighted by molar-refractivity contribution is -0.141. The van der Waals surface area contributed by atoms with E-state index in [-0.39, 0.29) is 12.5 Å². The molecule has 0 fully saturated rings. The zero-order valence-electron chi connectivity index (χ0n) is 8.80. The van der Waals surface area contributed by atoms with Crippen molar-refractivity contribution < 1.29 is 9.53 Å². The van der Waals surface area contributed by atoms with Crippen LogP contribution in [-0.2, 0) is 9.53 Å². The van der Waals surface area contributed by atoms with Gasteiger partial charge in [-0.1, -0.05) is 30.3 Å². The van der Waals surface area contributed by atoms with Gasteiger partial charge in [0, 0.05) is 5.56 Å². The van der Waals surface area contributed by atoms with Crippen LogP contribution in [0.1, 0.15) is 5.56 Å². The van der Waals surface area contributed by atoms with Gasteiger partial charge in [-0.25, -0.2) is 5.53 Å². The quantitative estimate of drug-likeness (QED) is 0.693. The first-order valence-corrected chi connectivity index (χ1v) is 4.79. The van der Waals surface area contributed by atoms with Gasteiger partial charge in [-0.2, -0.15) is 0 Å². The van der Waals surface area contributed by atoms with Crippen molar-refractivity contribution in [3.8, 4) is 0 Å². The van der Waals surface area contributed by atoms with Gasteiger partial charge in [-0.15, -0.1) is 10.6 Å². The molecule has 1 aliphatic rings. The van der Waals surface area contributed by atoms with Gasteiger partial charge in [0.25, 0.3) is 0 Å². The number of carbonyl (C=O) groups excluding carboxylic acids is 1. The van der Waals surface area contributed by atoms with E-state index in [0.29, 0.717) is 5.84 Å². The average Bonchev–Trinajstić information content (AvgIpc) is 2.78. The molecule has 0 saturated carbocycles. The number of hydrazine groups is 2. The number of esters is 1. The lowest BCUT2D eigenvalue weighted by atomic mass is 10.2. The molecule has 0 amide bonds. The second-order valence-electron chi connectivity index (χ2n) is 3.19. The first-order valence-electron chi connectivity index (χ1n) is 4.79. The average molecular weight is 220 g/mol. The third kappa shape index (κ3) is 2.12. The largest absolute Gasteiger partial charge is 0.468 e. The Morgan fingerprint density at radius 1 is 1.44 bits per heavy atom. The van der Waals surface area contributed by atoms with Gasteiger partial charge in [-0.3, -0.25) is 9.80 Å². The maximum absolute atomic E-state index is 11.2. The molecule has 0 unspecified atom stereocenters. The van der Waals surface area contributed by atoms with E-state index < -0.39 is 0 Å². The van der Waals surface area contributed by atoms with E-state index in [9.17, 15) is 4.79 Å². The molecule has 1 heterocycles. The molecular weight excluding hydrogens is 208 g/mol. The number of nitrogens with zero attached hydrogens (tertiary/aromatic N) is 2. The smallest absolute Gasteiger partial charge is 0.327 e. The van der Waals surface area contributed by atoms with Gasteiger partial charge in [0.15, 0.2) is 5.84 Å². The molecular formula is C10H12N4O2. The maximum atomic E-state index is 11.2. The molecule has 84 valence electrons. The number of nitrogens with one attached hydrogen (secondary N) is 2. The summed E-state index contributed by atoms with van der Waals surface area (Å²) in [5.74, 6) is 0.325. The highest BCUT2D eigenvalue weighted by atomic mass is 16.5. The van der Waals surface area contributed by atoms with E-state index in [4.69, 9.17) is 0 Å². The Balaban J connectivity index is 2.12. The molecule has 1 aromatic rings. The first-order chi connectivity index (χ1) is 7.81. The van der Waals surface area contributed by atoms with Crippen molar-refractivity contribution in [2.24, 2.45) is 5.10 Å². The molecule has 0 aliphatic carbocycles. The fourth-order valence-electron chi connectivity index (χ4n) is 1.37. The van der Waals surface area contributed by atoms with E-state index >= 15 is 0 Å². The zero-order chi connectivity index (χ0) is 11.4. The van der Waals surface area contributed by atoms with Crippen molar-refractivity contribution in [3.05, 3.63) is 35.9 Å². The monoisotopic (exact) mass is 220 g/mol. The topological polar surface area (TPSA) is 66.0 Å². The fraction of sp³-hybridized carbons (Fsp3) is 0.200. The molecule has 0 aromatic heterocycles. The Bertz CT molecular complexity index is 405. The van der Waals surface area contributed by atoms with Gasteiger partial charge < -0.3 is 4.74 Å². The highest BCUT2D eigenvalue weighted by Crippen LogP contribution is 2.06. The molecule has 16 heavy (non-hydrogen) atoms. The van der Waals surface area contributed by atoms with E-state index in [0.717, 1.165) is 5.56 Å². The number of carbonyl (C=O) groups is 1. The third-order valence-corrected chi connectivity index (χ3v) is 2.15. The highest BCUT2D eigenvalue weighted by Gasteiger charge is 2.21. The van der Waals surface area contributed by atoms with Crippen molar-refractivity contribution >= 4 is 11.8 Å². The summed E-state index contributed by atoms with van der Waals surface area (Å²) in [6, 6.07) is 9.57. The lowest BCUT2D eigenvalue weighted by Crippen LogP contribution is -2.44. The van der Waals surface area contributed by atoms with Crippen molar-refractivity contribution in [3.63, 3.8) is 0 Å². The third-order valence-electron chi connectivity index (χ3n) is 2.15. The normalized spacial score (nSPS) is 14.3. The van der Waals surface area contributed by atoms with Crippen LogP contribution in [0.5, 0.6) is 0 Å². The SMILES string of the molecule is COC(=O)CN1NNN=C1c1ccccc1.